The van der Waals surface area contributed by atoms with Crippen LogP contribution in [0.4, 0.5) is 0 Å². The van der Waals surface area contributed by atoms with Gasteiger partial charge in [0.25, 0.3) is 0 Å². The van der Waals surface area contributed by atoms with E-state index >= 15 is 0 Å². The van der Waals surface area contributed by atoms with E-state index in [0.29, 0.717) is 4.88 Å². The van der Waals surface area contributed by atoms with Crippen LogP contribution in [0.15, 0.2) is 15.9 Å². The number of carboxylic acids is 1. The predicted molar refractivity (Wildman–Crippen MR) is 66.4 cm³/mol. The predicted octanol–water partition coefficient (Wildman–Crippen LogP) is 2.29. The van der Waals surface area contributed by atoms with Crippen molar-refractivity contribution in [3.63, 3.8) is 0 Å². The quantitative estimate of drug-likeness (QED) is 0.921. The number of hydrogen-bond acceptors (Lipinski definition) is 4. The standard InChI is InChI=1S/C9H11BrO4S2/c1-9(2,8(11)12)16(13,14)5-7-3-6(10)4-15-7/h3-4H,5H2,1-2H3,(H,11,12). The summed E-state index contributed by atoms with van der Waals surface area (Å²) in [6.07, 6.45) is 0. The van der Waals surface area contributed by atoms with Gasteiger partial charge in [-0.05, 0) is 35.8 Å². The molecule has 0 aliphatic rings. The number of rotatable bonds is 4. The maximum Gasteiger partial charge on any atom is 0.324 e. The first kappa shape index (κ1) is 13.7. The number of carbonyl (C=O) groups is 1. The number of carboxylic acid groups (broad SMARTS) is 1. The van der Waals surface area contributed by atoms with Gasteiger partial charge in [-0.3, -0.25) is 4.79 Å². The summed E-state index contributed by atoms with van der Waals surface area (Å²) in [6, 6.07) is 1.68. The number of aliphatic carboxylic acids is 1. The number of hydrogen-bond donors (Lipinski definition) is 1. The minimum absolute atomic E-state index is 0.247. The molecule has 0 radical (unpaired) electrons. The maximum absolute atomic E-state index is 11.9. The minimum Gasteiger partial charge on any atom is -0.480 e. The van der Waals surface area contributed by atoms with Crippen LogP contribution in [0.3, 0.4) is 0 Å². The molecule has 1 aromatic rings. The molecule has 0 aliphatic heterocycles. The van der Waals surface area contributed by atoms with E-state index in [1.807, 2.05) is 0 Å². The highest BCUT2D eigenvalue weighted by molar-refractivity contribution is 9.10. The van der Waals surface area contributed by atoms with Gasteiger partial charge in [0.1, 0.15) is 0 Å². The molecule has 0 spiro atoms. The van der Waals surface area contributed by atoms with Crippen LogP contribution in [0.2, 0.25) is 0 Å². The SMILES string of the molecule is CC(C)(C(=O)O)S(=O)(=O)Cc1cc(Br)cs1. The van der Waals surface area contributed by atoms with Crippen LogP contribution in [0, 0.1) is 0 Å². The summed E-state index contributed by atoms with van der Waals surface area (Å²) in [5.74, 6) is -1.58. The van der Waals surface area contributed by atoms with E-state index in [2.05, 4.69) is 15.9 Å². The van der Waals surface area contributed by atoms with Gasteiger partial charge in [-0.1, -0.05) is 0 Å². The van der Waals surface area contributed by atoms with Gasteiger partial charge in [0.05, 0.1) is 5.75 Å². The van der Waals surface area contributed by atoms with Gasteiger partial charge in [-0.15, -0.1) is 11.3 Å². The summed E-state index contributed by atoms with van der Waals surface area (Å²) in [6.45, 7) is 2.40. The van der Waals surface area contributed by atoms with Crippen LogP contribution in [0.25, 0.3) is 0 Å². The van der Waals surface area contributed by atoms with E-state index < -0.39 is 20.6 Å². The van der Waals surface area contributed by atoms with Crippen molar-refractivity contribution in [1.29, 1.82) is 0 Å². The summed E-state index contributed by atoms with van der Waals surface area (Å²) in [5, 5.41) is 10.6. The fraction of sp³-hybridized carbons (Fsp3) is 0.444. The van der Waals surface area contributed by atoms with Gasteiger partial charge in [0, 0.05) is 14.7 Å². The van der Waals surface area contributed by atoms with Gasteiger partial charge >= 0.3 is 5.97 Å². The van der Waals surface area contributed by atoms with Crippen LogP contribution >= 0.6 is 27.3 Å². The summed E-state index contributed by atoms with van der Waals surface area (Å²) in [4.78, 5) is 11.5. The summed E-state index contributed by atoms with van der Waals surface area (Å²) in [5.41, 5.74) is 0. The highest BCUT2D eigenvalue weighted by atomic mass is 79.9. The van der Waals surface area contributed by atoms with Crippen LogP contribution in [-0.2, 0) is 20.4 Å². The molecular formula is C9H11BrO4S2. The maximum atomic E-state index is 11.9. The molecular weight excluding hydrogens is 316 g/mol. The van der Waals surface area contributed by atoms with E-state index in [4.69, 9.17) is 5.11 Å². The van der Waals surface area contributed by atoms with Crippen LogP contribution < -0.4 is 0 Å². The second kappa shape index (κ2) is 4.46. The molecule has 4 nitrogen and oxygen atoms in total. The Morgan fingerprint density at radius 2 is 2.12 bits per heavy atom. The third-order valence-electron chi connectivity index (χ3n) is 2.25. The Balaban J connectivity index is 3.01. The second-order valence-corrected chi connectivity index (χ2v) is 8.26. The monoisotopic (exact) mass is 326 g/mol. The number of thiophene rings is 1. The first-order valence-electron chi connectivity index (χ1n) is 4.35. The fourth-order valence-corrected chi connectivity index (χ4v) is 3.99. The van der Waals surface area contributed by atoms with E-state index in [1.165, 1.54) is 25.2 Å². The van der Waals surface area contributed by atoms with Crippen molar-refractivity contribution in [2.45, 2.75) is 24.3 Å². The average molecular weight is 327 g/mol. The Hall–Kier alpha value is -0.400. The van der Waals surface area contributed by atoms with Crippen molar-refractivity contribution < 1.29 is 18.3 Å². The molecule has 0 bridgehead atoms. The van der Waals surface area contributed by atoms with Crippen molar-refractivity contribution in [2.24, 2.45) is 0 Å². The lowest BCUT2D eigenvalue weighted by molar-refractivity contribution is -0.139. The Bertz CT molecular complexity index is 501. The van der Waals surface area contributed by atoms with Crippen molar-refractivity contribution >= 4 is 43.1 Å². The Morgan fingerprint density at radius 3 is 2.50 bits per heavy atom. The molecule has 0 amide bonds. The van der Waals surface area contributed by atoms with Crippen molar-refractivity contribution in [2.75, 3.05) is 0 Å². The lowest BCUT2D eigenvalue weighted by atomic mass is 10.2. The average Bonchev–Trinajstić information content (AvgIpc) is 2.49. The second-order valence-electron chi connectivity index (χ2n) is 3.81. The highest BCUT2D eigenvalue weighted by Crippen LogP contribution is 2.26. The van der Waals surface area contributed by atoms with Gasteiger partial charge in [-0.25, -0.2) is 8.42 Å². The molecule has 0 saturated carbocycles. The van der Waals surface area contributed by atoms with Crippen LogP contribution in [0.1, 0.15) is 18.7 Å². The number of halogens is 1. The zero-order valence-corrected chi connectivity index (χ0v) is 11.9. The van der Waals surface area contributed by atoms with Crippen LogP contribution in [0.5, 0.6) is 0 Å². The minimum atomic E-state index is -3.71. The van der Waals surface area contributed by atoms with E-state index in [9.17, 15) is 13.2 Å². The molecule has 1 N–H and O–H groups in total. The van der Waals surface area contributed by atoms with Crippen molar-refractivity contribution in [3.8, 4) is 0 Å². The first-order valence-corrected chi connectivity index (χ1v) is 7.68. The van der Waals surface area contributed by atoms with Gasteiger partial charge in [-0.2, -0.15) is 0 Å². The lowest BCUT2D eigenvalue weighted by Crippen LogP contribution is -2.41. The normalized spacial score (nSPS) is 12.7. The topological polar surface area (TPSA) is 71.4 Å². The van der Waals surface area contributed by atoms with Crippen molar-refractivity contribution in [3.05, 3.63) is 20.8 Å². The summed E-state index contributed by atoms with van der Waals surface area (Å²) >= 11 is 4.50. The molecule has 0 fully saturated rings. The molecule has 0 saturated heterocycles. The molecule has 0 aromatic carbocycles. The van der Waals surface area contributed by atoms with E-state index in [-0.39, 0.29) is 5.75 Å². The molecule has 90 valence electrons. The highest BCUT2D eigenvalue weighted by Gasteiger charge is 2.41. The lowest BCUT2D eigenvalue weighted by Gasteiger charge is -2.18. The molecule has 1 heterocycles. The van der Waals surface area contributed by atoms with E-state index in [0.717, 1.165) is 4.47 Å². The van der Waals surface area contributed by atoms with E-state index in [1.54, 1.807) is 11.4 Å². The zero-order valence-electron chi connectivity index (χ0n) is 8.73. The summed E-state index contributed by atoms with van der Waals surface area (Å²) in [7, 11) is -3.71. The smallest absolute Gasteiger partial charge is 0.324 e. The molecule has 7 heteroatoms. The molecule has 0 atom stereocenters. The number of sulfone groups is 1. The fourth-order valence-electron chi connectivity index (χ4n) is 0.930. The van der Waals surface area contributed by atoms with Gasteiger partial charge in [0.15, 0.2) is 14.6 Å². The Morgan fingerprint density at radius 1 is 1.56 bits per heavy atom. The summed E-state index contributed by atoms with van der Waals surface area (Å²) < 4.78 is 22.8. The first-order chi connectivity index (χ1) is 7.17. The third-order valence-corrected chi connectivity index (χ3v) is 6.55. The van der Waals surface area contributed by atoms with Gasteiger partial charge < -0.3 is 5.11 Å². The third kappa shape index (κ3) is 2.64. The molecule has 16 heavy (non-hydrogen) atoms. The van der Waals surface area contributed by atoms with Gasteiger partial charge in [0.2, 0.25) is 0 Å². The molecule has 1 rings (SSSR count). The molecule has 1 aromatic heterocycles. The Kier molecular flexibility index (Phi) is 3.81. The largest absolute Gasteiger partial charge is 0.480 e. The Labute approximate surface area is 106 Å². The van der Waals surface area contributed by atoms with Crippen molar-refractivity contribution in [1.82, 2.24) is 0 Å². The zero-order chi connectivity index (χ0) is 12.6. The molecule has 0 aliphatic carbocycles. The molecule has 0 unspecified atom stereocenters. The van der Waals surface area contributed by atoms with Crippen LogP contribution in [-0.4, -0.2) is 24.2 Å².